The molecule has 35 heavy (non-hydrogen) atoms. The van der Waals surface area contributed by atoms with Crippen LogP contribution in [0.5, 0.6) is 0 Å². The first-order valence-corrected chi connectivity index (χ1v) is 12.1. The molecule has 184 valence electrons. The topological polar surface area (TPSA) is 85.2 Å². The average molecular weight is 505 g/mol. The van der Waals surface area contributed by atoms with Crippen molar-refractivity contribution in [3.63, 3.8) is 0 Å². The molecule has 1 N–H and O–H groups in total. The van der Waals surface area contributed by atoms with Gasteiger partial charge in [0.2, 0.25) is 5.95 Å². The molecule has 1 amide bonds. The largest absolute Gasteiger partial charge is 0.447 e. The van der Waals surface area contributed by atoms with Crippen LogP contribution >= 0.6 is 11.8 Å². The second kappa shape index (κ2) is 8.74. The van der Waals surface area contributed by atoms with Crippen molar-refractivity contribution in [2.45, 2.75) is 49.7 Å². The van der Waals surface area contributed by atoms with E-state index in [9.17, 15) is 18.0 Å². The predicted octanol–water partition coefficient (Wildman–Crippen LogP) is 5.44. The zero-order valence-electron chi connectivity index (χ0n) is 19.2. The summed E-state index contributed by atoms with van der Waals surface area (Å²) in [7, 11) is 0. The van der Waals surface area contributed by atoms with Gasteiger partial charge in [0.15, 0.2) is 0 Å². The van der Waals surface area contributed by atoms with Gasteiger partial charge in [0, 0.05) is 16.8 Å². The summed E-state index contributed by atoms with van der Waals surface area (Å²) >= 11 is 1.35. The molecule has 4 heterocycles. The van der Waals surface area contributed by atoms with Crippen LogP contribution in [0.2, 0.25) is 0 Å². The Bertz CT molecular complexity index is 1280. The molecule has 0 spiro atoms. The summed E-state index contributed by atoms with van der Waals surface area (Å²) in [5, 5.41) is 3.24. The zero-order valence-corrected chi connectivity index (χ0v) is 20.0. The van der Waals surface area contributed by atoms with Crippen molar-refractivity contribution in [3.8, 4) is 5.69 Å². The number of ether oxygens (including phenoxy) is 1. The molecule has 8 nitrogen and oxygen atoms in total. The van der Waals surface area contributed by atoms with Crippen molar-refractivity contribution in [2.24, 2.45) is 5.92 Å². The van der Waals surface area contributed by atoms with Crippen LogP contribution in [0.25, 0.3) is 5.69 Å². The van der Waals surface area contributed by atoms with E-state index in [2.05, 4.69) is 20.3 Å². The van der Waals surface area contributed by atoms with E-state index in [1.165, 1.54) is 23.9 Å². The van der Waals surface area contributed by atoms with Crippen molar-refractivity contribution in [2.75, 3.05) is 16.8 Å². The van der Waals surface area contributed by atoms with E-state index in [0.29, 0.717) is 34.7 Å². The highest BCUT2D eigenvalue weighted by Crippen LogP contribution is 2.41. The highest BCUT2D eigenvalue weighted by molar-refractivity contribution is 7.98. The quantitative estimate of drug-likeness (QED) is 0.495. The number of nitrogens with zero attached hydrogens (tertiary/aromatic N) is 5. The fourth-order valence-corrected chi connectivity index (χ4v) is 5.36. The Balaban J connectivity index is 1.38. The lowest BCUT2D eigenvalue weighted by molar-refractivity contribution is -0.137. The summed E-state index contributed by atoms with van der Waals surface area (Å²) < 4.78 is 46.4. The number of anilines is 2. The Kier molecular flexibility index (Phi) is 5.86. The summed E-state index contributed by atoms with van der Waals surface area (Å²) in [6.07, 6.45) is -1.62. The van der Waals surface area contributed by atoms with E-state index in [0.717, 1.165) is 17.5 Å². The fraction of sp³-hybridized carbons (Fsp3) is 0.391. The van der Waals surface area contributed by atoms with Crippen LogP contribution < -0.4 is 10.2 Å². The number of fused-ring (bicyclic) bond motifs is 3. The third-order valence-electron chi connectivity index (χ3n) is 6.13. The maximum atomic E-state index is 13.1. The van der Waals surface area contributed by atoms with Crippen LogP contribution in [-0.2, 0) is 16.7 Å². The number of halogens is 3. The van der Waals surface area contributed by atoms with Crippen molar-refractivity contribution in [3.05, 3.63) is 53.7 Å². The summed E-state index contributed by atoms with van der Waals surface area (Å²) in [5.41, 5.74) is 1.64. The molecule has 3 aromatic rings. The van der Waals surface area contributed by atoms with E-state index < -0.39 is 17.8 Å². The first kappa shape index (κ1) is 23.5. The van der Waals surface area contributed by atoms with Crippen molar-refractivity contribution < 1.29 is 22.7 Å². The molecule has 1 fully saturated rings. The van der Waals surface area contributed by atoms with Crippen LogP contribution in [0.4, 0.5) is 29.7 Å². The SMILES string of the molecule is CC(C)[C@H]1COC(=O)N1c1ccnc(N[C@@H](C)c2ncn3c2CSc2cc(C(F)(F)F)ccc2-3)n1. The monoisotopic (exact) mass is 504 g/mol. The minimum absolute atomic E-state index is 0.113. The normalized spacial score (nSPS) is 18.3. The number of thioether (sulfide) groups is 1. The number of aromatic nitrogens is 4. The van der Waals surface area contributed by atoms with Gasteiger partial charge < -0.3 is 14.6 Å². The molecule has 1 saturated heterocycles. The maximum absolute atomic E-state index is 13.1. The molecule has 2 aromatic heterocycles. The Hall–Kier alpha value is -3.28. The standard InChI is InChI=1S/C23H23F3N6O2S/c1-12(2)16-9-34-22(33)32(16)19-6-7-27-21(30-19)29-13(3)20-17-10-35-18-8-14(23(24,25)26)4-5-15(18)31(17)11-28-20/h4-8,11-13,16H,9-10H2,1-3H3,(H,27,29,30)/t13-,16+/m0/s1. The molecule has 1 aromatic carbocycles. The number of hydrogen-bond acceptors (Lipinski definition) is 7. The summed E-state index contributed by atoms with van der Waals surface area (Å²) in [6.45, 7) is 6.26. The lowest BCUT2D eigenvalue weighted by atomic mass is 10.0. The van der Waals surface area contributed by atoms with Gasteiger partial charge in [-0.3, -0.25) is 4.90 Å². The zero-order chi connectivity index (χ0) is 24.9. The van der Waals surface area contributed by atoms with Gasteiger partial charge in [-0.1, -0.05) is 13.8 Å². The molecule has 0 aliphatic carbocycles. The predicted molar refractivity (Wildman–Crippen MR) is 125 cm³/mol. The molecule has 12 heteroatoms. The molecule has 2 aliphatic heterocycles. The fourth-order valence-electron chi connectivity index (χ4n) is 4.26. The highest BCUT2D eigenvalue weighted by Gasteiger charge is 2.37. The maximum Gasteiger partial charge on any atom is 0.416 e. The lowest BCUT2D eigenvalue weighted by Crippen LogP contribution is -2.37. The Morgan fingerprint density at radius 3 is 2.74 bits per heavy atom. The van der Waals surface area contributed by atoms with Gasteiger partial charge in [0.1, 0.15) is 12.4 Å². The minimum Gasteiger partial charge on any atom is -0.447 e. The molecule has 2 atom stereocenters. The van der Waals surface area contributed by atoms with E-state index in [1.807, 2.05) is 25.3 Å². The number of carbonyl (C=O) groups is 1. The van der Waals surface area contributed by atoms with Gasteiger partial charge in [-0.25, -0.2) is 14.8 Å². The third kappa shape index (κ3) is 4.30. The lowest BCUT2D eigenvalue weighted by Gasteiger charge is -2.24. The van der Waals surface area contributed by atoms with Gasteiger partial charge in [0.05, 0.1) is 41.0 Å². The first-order chi connectivity index (χ1) is 16.6. The Morgan fingerprint density at radius 1 is 1.20 bits per heavy atom. The van der Waals surface area contributed by atoms with E-state index in [1.54, 1.807) is 23.5 Å². The van der Waals surface area contributed by atoms with Gasteiger partial charge in [-0.15, -0.1) is 11.8 Å². The Morgan fingerprint density at radius 2 is 2.00 bits per heavy atom. The number of alkyl halides is 3. The van der Waals surface area contributed by atoms with Gasteiger partial charge in [0.25, 0.3) is 0 Å². The number of nitrogens with one attached hydrogen (secondary N) is 1. The highest BCUT2D eigenvalue weighted by atomic mass is 32.2. The molecule has 2 aliphatic rings. The Labute approximate surface area is 203 Å². The van der Waals surface area contributed by atoms with Crippen LogP contribution in [0.1, 0.15) is 43.8 Å². The number of imidazole rings is 1. The van der Waals surface area contributed by atoms with Crippen LogP contribution in [0, 0.1) is 5.92 Å². The second-order valence-electron chi connectivity index (χ2n) is 8.78. The molecule has 0 saturated carbocycles. The number of hydrogen-bond donors (Lipinski definition) is 1. The van der Waals surface area contributed by atoms with Gasteiger partial charge in [-0.2, -0.15) is 18.2 Å². The second-order valence-corrected chi connectivity index (χ2v) is 9.80. The van der Waals surface area contributed by atoms with Gasteiger partial charge in [-0.05, 0) is 37.1 Å². The number of cyclic esters (lactones) is 1. The number of benzene rings is 1. The summed E-state index contributed by atoms with van der Waals surface area (Å²) in [4.78, 5) is 27.7. The van der Waals surface area contributed by atoms with E-state index in [-0.39, 0.29) is 18.0 Å². The van der Waals surface area contributed by atoms with E-state index in [4.69, 9.17) is 4.74 Å². The molecule has 0 bridgehead atoms. The minimum atomic E-state index is -4.38. The molecular weight excluding hydrogens is 481 g/mol. The third-order valence-corrected chi connectivity index (χ3v) is 7.18. The molecule has 5 rings (SSSR count). The average Bonchev–Trinajstić information content (AvgIpc) is 3.42. The van der Waals surface area contributed by atoms with E-state index >= 15 is 0 Å². The van der Waals surface area contributed by atoms with Gasteiger partial charge >= 0.3 is 12.3 Å². The summed E-state index contributed by atoms with van der Waals surface area (Å²) in [6, 6.07) is 5.01. The molecule has 0 unspecified atom stereocenters. The molecular formula is C23H23F3N6O2S. The van der Waals surface area contributed by atoms with Crippen molar-refractivity contribution >= 4 is 29.6 Å². The van der Waals surface area contributed by atoms with Crippen LogP contribution in [0.3, 0.4) is 0 Å². The number of amides is 1. The van der Waals surface area contributed by atoms with Crippen molar-refractivity contribution in [1.29, 1.82) is 0 Å². The molecule has 0 radical (unpaired) electrons. The summed E-state index contributed by atoms with van der Waals surface area (Å²) in [5.74, 6) is 1.45. The first-order valence-electron chi connectivity index (χ1n) is 11.1. The number of carbonyl (C=O) groups excluding carboxylic acids is 1. The number of rotatable bonds is 5. The van der Waals surface area contributed by atoms with Crippen LogP contribution in [-0.4, -0.2) is 38.3 Å². The van der Waals surface area contributed by atoms with Crippen molar-refractivity contribution in [1.82, 2.24) is 19.5 Å². The van der Waals surface area contributed by atoms with Crippen LogP contribution in [0.15, 0.2) is 41.7 Å². The smallest absolute Gasteiger partial charge is 0.416 e.